The Balaban J connectivity index is 1.80. The quantitative estimate of drug-likeness (QED) is 0.216. The van der Waals surface area contributed by atoms with E-state index in [1.165, 1.54) is 32.1 Å². The van der Waals surface area contributed by atoms with E-state index in [1.807, 2.05) is 18.2 Å². The molecule has 162 valence electrons. The summed E-state index contributed by atoms with van der Waals surface area (Å²) in [7, 11) is 0. The summed E-state index contributed by atoms with van der Waals surface area (Å²) >= 11 is 0. The standard InChI is InChI=1S/C26H34O4/c1-4-5-6-7-8-9-12-19-29-25(27)21-15-17-22(18-16-21)26(28)30-24-14-11-10-13-23(24)20(2)3/h10-11,13-18,20H,4-9,12,19H2,1-3H3. The van der Waals surface area contributed by atoms with Crippen LogP contribution in [0.2, 0.25) is 0 Å². The van der Waals surface area contributed by atoms with Gasteiger partial charge in [-0.25, -0.2) is 9.59 Å². The molecule has 0 aromatic heterocycles. The van der Waals surface area contributed by atoms with Crippen molar-refractivity contribution >= 4 is 11.9 Å². The Labute approximate surface area is 180 Å². The second kappa shape index (κ2) is 12.8. The molecule has 0 saturated heterocycles. The van der Waals surface area contributed by atoms with Crippen molar-refractivity contribution in [2.45, 2.75) is 71.6 Å². The summed E-state index contributed by atoms with van der Waals surface area (Å²) in [6.45, 7) is 6.75. The molecule has 0 spiro atoms. The van der Waals surface area contributed by atoms with Crippen LogP contribution in [0.15, 0.2) is 48.5 Å². The van der Waals surface area contributed by atoms with Gasteiger partial charge in [0.15, 0.2) is 0 Å². The molecule has 2 aromatic carbocycles. The number of unbranched alkanes of at least 4 members (excludes halogenated alkanes) is 6. The Morgan fingerprint density at radius 1 is 0.767 bits per heavy atom. The van der Waals surface area contributed by atoms with Crippen LogP contribution in [-0.2, 0) is 4.74 Å². The third-order valence-corrected chi connectivity index (χ3v) is 5.08. The monoisotopic (exact) mass is 410 g/mol. The highest BCUT2D eigenvalue weighted by molar-refractivity contribution is 5.94. The molecule has 0 aliphatic heterocycles. The number of carbonyl (C=O) groups is 2. The lowest BCUT2D eigenvalue weighted by atomic mass is 10.0. The lowest BCUT2D eigenvalue weighted by Crippen LogP contribution is -2.11. The van der Waals surface area contributed by atoms with E-state index in [0.29, 0.717) is 23.5 Å². The van der Waals surface area contributed by atoms with Gasteiger partial charge >= 0.3 is 11.9 Å². The number of carbonyl (C=O) groups excluding carboxylic acids is 2. The van der Waals surface area contributed by atoms with Gasteiger partial charge in [0.05, 0.1) is 17.7 Å². The molecule has 30 heavy (non-hydrogen) atoms. The first-order valence-electron chi connectivity index (χ1n) is 11.1. The maximum atomic E-state index is 12.5. The number of ether oxygens (including phenoxy) is 2. The van der Waals surface area contributed by atoms with Gasteiger partial charge in [0, 0.05) is 0 Å². The number of hydrogen-bond donors (Lipinski definition) is 0. The zero-order valence-corrected chi connectivity index (χ0v) is 18.5. The van der Waals surface area contributed by atoms with E-state index in [9.17, 15) is 9.59 Å². The first-order valence-corrected chi connectivity index (χ1v) is 11.1. The molecule has 4 heteroatoms. The number of para-hydroxylation sites is 1. The number of esters is 2. The van der Waals surface area contributed by atoms with E-state index in [1.54, 1.807) is 30.3 Å². The minimum Gasteiger partial charge on any atom is -0.462 e. The first-order chi connectivity index (χ1) is 14.5. The molecule has 0 N–H and O–H groups in total. The van der Waals surface area contributed by atoms with Crippen molar-refractivity contribution in [3.05, 3.63) is 65.2 Å². The molecule has 0 saturated carbocycles. The molecule has 4 nitrogen and oxygen atoms in total. The average molecular weight is 411 g/mol. The van der Waals surface area contributed by atoms with Crippen LogP contribution in [0.25, 0.3) is 0 Å². The molecule has 0 radical (unpaired) electrons. The van der Waals surface area contributed by atoms with Crippen LogP contribution in [0.3, 0.4) is 0 Å². The van der Waals surface area contributed by atoms with Crippen molar-refractivity contribution < 1.29 is 19.1 Å². The van der Waals surface area contributed by atoms with E-state index in [0.717, 1.165) is 18.4 Å². The Morgan fingerprint density at radius 2 is 1.33 bits per heavy atom. The van der Waals surface area contributed by atoms with Gasteiger partial charge in [-0.2, -0.15) is 0 Å². The van der Waals surface area contributed by atoms with E-state index in [4.69, 9.17) is 9.47 Å². The van der Waals surface area contributed by atoms with Crippen LogP contribution < -0.4 is 4.74 Å². The summed E-state index contributed by atoms with van der Waals surface area (Å²) in [6.07, 6.45) is 8.24. The molecule has 0 aliphatic carbocycles. The van der Waals surface area contributed by atoms with E-state index >= 15 is 0 Å². The third-order valence-electron chi connectivity index (χ3n) is 5.08. The van der Waals surface area contributed by atoms with Crippen molar-refractivity contribution in [3.63, 3.8) is 0 Å². The summed E-state index contributed by atoms with van der Waals surface area (Å²) in [5.41, 5.74) is 1.82. The number of rotatable bonds is 12. The number of hydrogen-bond acceptors (Lipinski definition) is 4. The topological polar surface area (TPSA) is 52.6 Å². The predicted molar refractivity (Wildman–Crippen MR) is 120 cm³/mol. The molecule has 0 unspecified atom stereocenters. The van der Waals surface area contributed by atoms with Crippen LogP contribution in [0.4, 0.5) is 0 Å². The van der Waals surface area contributed by atoms with Crippen LogP contribution >= 0.6 is 0 Å². The highest BCUT2D eigenvalue weighted by Crippen LogP contribution is 2.26. The van der Waals surface area contributed by atoms with Crippen molar-refractivity contribution in [1.82, 2.24) is 0 Å². The summed E-state index contributed by atoms with van der Waals surface area (Å²) in [5.74, 6) is 0.0234. The van der Waals surface area contributed by atoms with Gasteiger partial charge < -0.3 is 9.47 Å². The van der Waals surface area contributed by atoms with Crippen LogP contribution in [0, 0.1) is 0 Å². The fourth-order valence-corrected chi connectivity index (χ4v) is 3.26. The van der Waals surface area contributed by atoms with Crippen molar-refractivity contribution in [3.8, 4) is 5.75 Å². The summed E-state index contributed by atoms with van der Waals surface area (Å²) in [5, 5.41) is 0. The van der Waals surface area contributed by atoms with Crippen molar-refractivity contribution in [2.75, 3.05) is 6.61 Å². The minimum atomic E-state index is -0.439. The Morgan fingerprint density at radius 3 is 1.97 bits per heavy atom. The highest BCUT2D eigenvalue weighted by atomic mass is 16.5. The van der Waals surface area contributed by atoms with Gasteiger partial charge in [-0.3, -0.25) is 0 Å². The van der Waals surface area contributed by atoms with Crippen molar-refractivity contribution in [1.29, 1.82) is 0 Å². The van der Waals surface area contributed by atoms with Gasteiger partial charge in [-0.05, 0) is 48.2 Å². The van der Waals surface area contributed by atoms with Gasteiger partial charge in [0.1, 0.15) is 5.75 Å². The molecule has 0 atom stereocenters. The molecule has 0 aliphatic rings. The SMILES string of the molecule is CCCCCCCCCOC(=O)c1ccc(C(=O)Oc2ccccc2C(C)C)cc1. The number of benzene rings is 2. The van der Waals surface area contributed by atoms with E-state index in [-0.39, 0.29) is 11.9 Å². The second-order valence-electron chi connectivity index (χ2n) is 7.92. The zero-order valence-electron chi connectivity index (χ0n) is 18.5. The van der Waals surface area contributed by atoms with Crippen LogP contribution in [0.5, 0.6) is 5.75 Å². The Hall–Kier alpha value is -2.62. The first kappa shape index (κ1) is 23.7. The fourth-order valence-electron chi connectivity index (χ4n) is 3.26. The molecule has 2 rings (SSSR count). The lowest BCUT2D eigenvalue weighted by Gasteiger charge is -2.12. The van der Waals surface area contributed by atoms with Gasteiger partial charge in [0.2, 0.25) is 0 Å². The largest absolute Gasteiger partial charge is 0.462 e. The van der Waals surface area contributed by atoms with Gasteiger partial charge in [-0.15, -0.1) is 0 Å². The lowest BCUT2D eigenvalue weighted by molar-refractivity contribution is 0.0497. The predicted octanol–water partition coefficient (Wildman–Crippen LogP) is 6.94. The maximum absolute atomic E-state index is 12.5. The summed E-state index contributed by atoms with van der Waals surface area (Å²) in [6, 6.07) is 13.9. The van der Waals surface area contributed by atoms with Crippen LogP contribution in [0.1, 0.15) is 97.9 Å². The summed E-state index contributed by atoms with van der Waals surface area (Å²) in [4.78, 5) is 24.6. The second-order valence-corrected chi connectivity index (χ2v) is 7.92. The smallest absolute Gasteiger partial charge is 0.343 e. The zero-order chi connectivity index (χ0) is 21.8. The minimum absolute atomic E-state index is 0.252. The van der Waals surface area contributed by atoms with Crippen LogP contribution in [-0.4, -0.2) is 18.5 Å². The molecule has 0 fully saturated rings. The molecular formula is C26H34O4. The van der Waals surface area contributed by atoms with Gasteiger partial charge in [-0.1, -0.05) is 77.5 Å². The van der Waals surface area contributed by atoms with Crippen molar-refractivity contribution in [2.24, 2.45) is 0 Å². The highest BCUT2D eigenvalue weighted by Gasteiger charge is 2.14. The molecule has 2 aromatic rings. The molecule has 0 bridgehead atoms. The molecule has 0 amide bonds. The maximum Gasteiger partial charge on any atom is 0.343 e. The molecule has 0 heterocycles. The fraction of sp³-hybridized carbons (Fsp3) is 0.462. The Bertz CT molecular complexity index is 793. The average Bonchev–Trinajstić information content (AvgIpc) is 2.75. The molecular weight excluding hydrogens is 376 g/mol. The summed E-state index contributed by atoms with van der Waals surface area (Å²) < 4.78 is 10.9. The Kier molecular flexibility index (Phi) is 10.1. The third kappa shape index (κ3) is 7.66. The van der Waals surface area contributed by atoms with E-state index in [2.05, 4.69) is 20.8 Å². The normalized spacial score (nSPS) is 10.8. The van der Waals surface area contributed by atoms with Gasteiger partial charge in [0.25, 0.3) is 0 Å². The van der Waals surface area contributed by atoms with E-state index < -0.39 is 5.97 Å².